The monoisotopic (exact) mass is 280 g/mol. The van der Waals surface area contributed by atoms with Gasteiger partial charge in [0, 0.05) is 13.2 Å². The van der Waals surface area contributed by atoms with Gasteiger partial charge in [-0.05, 0) is 12.1 Å². The van der Waals surface area contributed by atoms with Crippen molar-refractivity contribution in [1.29, 1.82) is 0 Å². The number of nitrogens with zero attached hydrogens (tertiary/aromatic N) is 5. The number of hydrogen-bond donors (Lipinski definition) is 1. The summed E-state index contributed by atoms with van der Waals surface area (Å²) in [7, 11) is 1.83. The molecule has 0 aliphatic heterocycles. The lowest BCUT2D eigenvalue weighted by atomic mass is 10.2. The molecule has 0 spiro atoms. The van der Waals surface area contributed by atoms with Gasteiger partial charge in [0.15, 0.2) is 0 Å². The van der Waals surface area contributed by atoms with Crippen LogP contribution in [0.3, 0.4) is 0 Å². The summed E-state index contributed by atoms with van der Waals surface area (Å²) in [6, 6.07) is 3.67. The summed E-state index contributed by atoms with van der Waals surface area (Å²) in [4.78, 5) is 0. The Kier molecular flexibility index (Phi) is 2.85. The Balaban J connectivity index is 1.89. The summed E-state index contributed by atoms with van der Waals surface area (Å²) in [6.07, 6.45) is 1.85. The van der Waals surface area contributed by atoms with E-state index in [1.807, 2.05) is 25.4 Å². The predicted octanol–water partition coefficient (Wildman–Crippen LogP) is 2.09. The van der Waals surface area contributed by atoms with Crippen LogP contribution in [0.4, 0.5) is 5.69 Å². The van der Waals surface area contributed by atoms with E-state index in [-0.39, 0.29) is 0 Å². The first-order valence-corrected chi connectivity index (χ1v) is 6.35. The summed E-state index contributed by atoms with van der Waals surface area (Å²) in [5.74, 6) is 0. The van der Waals surface area contributed by atoms with Crippen molar-refractivity contribution < 1.29 is 0 Å². The zero-order valence-electron chi connectivity index (χ0n) is 9.46. The molecule has 0 amide bonds. The van der Waals surface area contributed by atoms with Crippen LogP contribution in [0.1, 0.15) is 5.69 Å². The number of fused-ring (bicyclic) bond motifs is 1. The van der Waals surface area contributed by atoms with Gasteiger partial charge in [-0.15, -0.1) is 5.10 Å². The molecular weight excluding hydrogens is 272 g/mol. The molecule has 0 aliphatic rings. The molecular formula is C10H9ClN6S. The second-order valence-corrected chi connectivity index (χ2v) is 4.73. The number of benzene rings is 1. The highest BCUT2D eigenvalue weighted by Crippen LogP contribution is 2.30. The van der Waals surface area contributed by atoms with Crippen molar-refractivity contribution in [3.8, 4) is 0 Å². The van der Waals surface area contributed by atoms with E-state index in [0.29, 0.717) is 11.6 Å². The highest BCUT2D eigenvalue weighted by atomic mass is 35.5. The highest BCUT2D eigenvalue weighted by molar-refractivity contribution is 7.00. The van der Waals surface area contributed by atoms with E-state index in [2.05, 4.69) is 24.4 Å². The van der Waals surface area contributed by atoms with Crippen molar-refractivity contribution in [2.45, 2.75) is 6.54 Å². The van der Waals surface area contributed by atoms with Crippen LogP contribution < -0.4 is 5.32 Å². The fourth-order valence-corrected chi connectivity index (χ4v) is 2.41. The van der Waals surface area contributed by atoms with Crippen LogP contribution in [0.25, 0.3) is 11.0 Å². The van der Waals surface area contributed by atoms with E-state index in [0.717, 1.165) is 22.4 Å². The van der Waals surface area contributed by atoms with Crippen molar-refractivity contribution in [2.24, 2.45) is 7.05 Å². The van der Waals surface area contributed by atoms with E-state index >= 15 is 0 Å². The average Bonchev–Trinajstić information content (AvgIpc) is 2.96. The van der Waals surface area contributed by atoms with Crippen molar-refractivity contribution in [3.05, 3.63) is 29.0 Å². The van der Waals surface area contributed by atoms with Gasteiger partial charge >= 0.3 is 0 Å². The maximum atomic E-state index is 6.16. The van der Waals surface area contributed by atoms with Gasteiger partial charge in [-0.3, -0.25) is 4.68 Å². The van der Waals surface area contributed by atoms with Crippen LogP contribution in [-0.2, 0) is 13.6 Å². The van der Waals surface area contributed by atoms with E-state index in [9.17, 15) is 0 Å². The number of halogens is 1. The molecule has 92 valence electrons. The van der Waals surface area contributed by atoms with Gasteiger partial charge in [-0.1, -0.05) is 16.8 Å². The first-order valence-electron chi connectivity index (χ1n) is 5.24. The molecule has 18 heavy (non-hydrogen) atoms. The molecule has 8 heteroatoms. The molecule has 0 saturated heterocycles. The third-order valence-corrected chi connectivity index (χ3v) is 3.33. The Hall–Kier alpha value is -1.73. The second-order valence-electron chi connectivity index (χ2n) is 3.79. The first-order chi connectivity index (χ1) is 8.74. The van der Waals surface area contributed by atoms with Gasteiger partial charge in [-0.25, -0.2) is 0 Å². The van der Waals surface area contributed by atoms with Crippen molar-refractivity contribution in [2.75, 3.05) is 5.32 Å². The first kappa shape index (κ1) is 11.4. The molecule has 0 atom stereocenters. The van der Waals surface area contributed by atoms with Crippen LogP contribution in [0.15, 0.2) is 18.3 Å². The van der Waals surface area contributed by atoms with Gasteiger partial charge < -0.3 is 5.32 Å². The standard InChI is InChI=1S/C10H9ClN6S/c1-17-5-6(13-16-17)4-12-9-7(11)2-3-8-10(9)15-18-14-8/h2-3,5,12H,4H2,1H3. The van der Waals surface area contributed by atoms with Gasteiger partial charge in [0.2, 0.25) is 0 Å². The molecule has 0 aliphatic carbocycles. The molecule has 0 fully saturated rings. The van der Waals surface area contributed by atoms with Gasteiger partial charge in [-0.2, -0.15) is 8.75 Å². The zero-order valence-corrected chi connectivity index (χ0v) is 11.0. The minimum Gasteiger partial charge on any atom is -0.376 e. The minimum absolute atomic E-state index is 0.546. The summed E-state index contributed by atoms with van der Waals surface area (Å²) in [5, 5.41) is 11.7. The zero-order chi connectivity index (χ0) is 12.5. The molecule has 0 unspecified atom stereocenters. The van der Waals surface area contributed by atoms with Crippen molar-refractivity contribution >= 4 is 40.0 Å². The predicted molar refractivity (Wildman–Crippen MR) is 70.8 cm³/mol. The van der Waals surface area contributed by atoms with E-state index in [4.69, 9.17) is 11.6 Å². The molecule has 0 bridgehead atoms. The maximum absolute atomic E-state index is 6.16. The second kappa shape index (κ2) is 4.51. The van der Waals surface area contributed by atoms with Gasteiger partial charge in [0.25, 0.3) is 0 Å². The number of aryl methyl sites for hydroxylation is 1. The third-order valence-electron chi connectivity index (χ3n) is 2.47. The van der Waals surface area contributed by atoms with Crippen LogP contribution in [0.5, 0.6) is 0 Å². The summed E-state index contributed by atoms with van der Waals surface area (Å²) >= 11 is 7.34. The smallest absolute Gasteiger partial charge is 0.129 e. The normalized spacial score (nSPS) is 11.0. The third kappa shape index (κ3) is 2.02. The molecule has 1 N–H and O–H groups in total. The van der Waals surface area contributed by atoms with E-state index < -0.39 is 0 Å². The number of rotatable bonds is 3. The Morgan fingerprint density at radius 2 is 2.28 bits per heavy atom. The number of hydrogen-bond acceptors (Lipinski definition) is 6. The van der Waals surface area contributed by atoms with E-state index in [1.54, 1.807) is 4.68 Å². The van der Waals surface area contributed by atoms with Crippen LogP contribution in [0, 0.1) is 0 Å². The maximum Gasteiger partial charge on any atom is 0.129 e. The topological polar surface area (TPSA) is 68.5 Å². The number of nitrogens with one attached hydrogen (secondary N) is 1. The lowest BCUT2D eigenvalue weighted by molar-refractivity contribution is 0.713. The molecule has 1 aromatic carbocycles. The number of aromatic nitrogens is 5. The number of anilines is 1. The van der Waals surface area contributed by atoms with Crippen LogP contribution in [0.2, 0.25) is 5.02 Å². The Bertz CT molecular complexity index is 691. The largest absolute Gasteiger partial charge is 0.376 e. The lowest BCUT2D eigenvalue weighted by Gasteiger charge is -2.06. The van der Waals surface area contributed by atoms with Crippen LogP contribution >= 0.6 is 23.3 Å². The van der Waals surface area contributed by atoms with Gasteiger partial charge in [0.05, 0.1) is 29.0 Å². The van der Waals surface area contributed by atoms with Gasteiger partial charge in [0.1, 0.15) is 16.7 Å². The Morgan fingerprint density at radius 3 is 3.06 bits per heavy atom. The molecule has 0 saturated carbocycles. The average molecular weight is 281 g/mol. The van der Waals surface area contributed by atoms with E-state index in [1.165, 1.54) is 11.7 Å². The fourth-order valence-electron chi connectivity index (χ4n) is 1.65. The lowest BCUT2D eigenvalue weighted by Crippen LogP contribution is -2.01. The summed E-state index contributed by atoms with van der Waals surface area (Å²) in [6.45, 7) is 0.546. The summed E-state index contributed by atoms with van der Waals surface area (Å²) < 4.78 is 10.1. The molecule has 0 radical (unpaired) electrons. The Labute approximate surface area is 112 Å². The molecule has 2 aromatic heterocycles. The highest BCUT2D eigenvalue weighted by Gasteiger charge is 2.10. The molecule has 6 nitrogen and oxygen atoms in total. The molecule has 2 heterocycles. The van der Waals surface area contributed by atoms with Crippen molar-refractivity contribution in [3.63, 3.8) is 0 Å². The SMILES string of the molecule is Cn1cc(CNc2c(Cl)ccc3nsnc23)nn1. The minimum atomic E-state index is 0.546. The van der Waals surface area contributed by atoms with Crippen LogP contribution in [-0.4, -0.2) is 23.7 Å². The van der Waals surface area contributed by atoms with Crippen molar-refractivity contribution in [1.82, 2.24) is 23.7 Å². The summed E-state index contributed by atoms with van der Waals surface area (Å²) in [5.41, 5.74) is 3.25. The molecule has 3 rings (SSSR count). The fraction of sp³-hybridized carbons (Fsp3) is 0.200. The molecule has 3 aromatic rings. The quantitative estimate of drug-likeness (QED) is 0.795. The Morgan fingerprint density at radius 1 is 1.39 bits per heavy atom.